The fraction of sp³-hybridized carbons (Fsp3) is 0.333. The molecule has 26 heavy (non-hydrogen) atoms. The maximum Gasteiger partial charge on any atom is 0.258 e. The van der Waals surface area contributed by atoms with Crippen LogP contribution in [0.15, 0.2) is 52.5 Å². The standard InChI is InChI=1S/C21H22N2O2S/c1-3-26-20-10-17(19(11-22-20)25-13-14-8-9-14)18-12-23(2)21(24)16-7-5-4-6-15(16)18/h4-7,10-12,14H,3,8-9,13H2,1-2H3. The van der Waals surface area contributed by atoms with Crippen molar-refractivity contribution in [1.29, 1.82) is 0 Å². The minimum atomic E-state index is 0.0158. The number of fused-ring (bicyclic) bond motifs is 1. The summed E-state index contributed by atoms with van der Waals surface area (Å²) < 4.78 is 7.76. The summed E-state index contributed by atoms with van der Waals surface area (Å²) in [5.41, 5.74) is 2.03. The van der Waals surface area contributed by atoms with Crippen molar-refractivity contribution < 1.29 is 4.74 Å². The highest BCUT2D eigenvalue weighted by Gasteiger charge is 2.23. The molecular formula is C21H22N2O2S. The molecule has 0 atom stereocenters. The summed E-state index contributed by atoms with van der Waals surface area (Å²) in [4.78, 5) is 17.0. The van der Waals surface area contributed by atoms with Crippen molar-refractivity contribution >= 4 is 22.5 Å². The molecule has 1 saturated carbocycles. The molecule has 4 rings (SSSR count). The Labute approximate surface area is 157 Å². The van der Waals surface area contributed by atoms with Gasteiger partial charge < -0.3 is 9.30 Å². The van der Waals surface area contributed by atoms with Gasteiger partial charge in [-0.05, 0) is 42.0 Å². The van der Waals surface area contributed by atoms with E-state index in [9.17, 15) is 4.79 Å². The van der Waals surface area contributed by atoms with Gasteiger partial charge in [0.2, 0.25) is 0 Å². The van der Waals surface area contributed by atoms with Crippen molar-refractivity contribution in [2.45, 2.75) is 24.8 Å². The molecule has 0 spiro atoms. The third kappa shape index (κ3) is 3.36. The van der Waals surface area contributed by atoms with Crippen LogP contribution in [-0.2, 0) is 7.05 Å². The lowest BCUT2D eigenvalue weighted by molar-refractivity contribution is 0.299. The number of benzene rings is 1. The van der Waals surface area contributed by atoms with Crippen molar-refractivity contribution in [3.8, 4) is 16.9 Å². The molecule has 0 aliphatic heterocycles. The van der Waals surface area contributed by atoms with Crippen molar-refractivity contribution in [1.82, 2.24) is 9.55 Å². The second kappa shape index (κ2) is 7.16. The smallest absolute Gasteiger partial charge is 0.258 e. The van der Waals surface area contributed by atoms with E-state index < -0.39 is 0 Å². The summed E-state index contributed by atoms with van der Waals surface area (Å²) in [5.74, 6) is 2.42. The molecule has 0 unspecified atom stereocenters. The Morgan fingerprint density at radius 3 is 2.73 bits per heavy atom. The van der Waals surface area contributed by atoms with E-state index in [1.807, 2.05) is 36.7 Å². The molecule has 1 aromatic carbocycles. The Hall–Kier alpha value is -2.27. The summed E-state index contributed by atoms with van der Waals surface area (Å²) in [6.45, 7) is 2.85. The van der Waals surface area contributed by atoms with Crippen LogP contribution in [0.5, 0.6) is 5.75 Å². The van der Waals surface area contributed by atoms with E-state index in [0.29, 0.717) is 5.92 Å². The van der Waals surface area contributed by atoms with Crippen LogP contribution < -0.4 is 10.3 Å². The van der Waals surface area contributed by atoms with Crippen LogP contribution >= 0.6 is 11.8 Å². The summed E-state index contributed by atoms with van der Waals surface area (Å²) in [5, 5.41) is 2.65. The lowest BCUT2D eigenvalue weighted by Gasteiger charge is -2.15. The third-order valence-corrected chi connectivity index (χ3v) is 5.49. The molecule has 0 bridgehead atoms. The predicted octanol–water partition coefficient (Wildman–Crippen LogP) is 4.50. The molecule has 0 N–H and O–H groups in total. The summed E-state index contributed by atoms with van der Waals surface area (Å²) >= 11 is 1.71. The zero-order valence-electron chi connectivity index (χ0n) is 15.1. The van der Waals surface area contributed by atoms with E-state index in [0.717, 1.165) is 45.0 Å². The first kappa shape index (κ1) is 17.2. The highest BCUT2D eigenvalue weighted by molar-refractivity contribution is 7.99. The van der Waals surface area contributed by atoms with Gasteiger partial charge in [0.15, 0.2) is 0 Å². The molecule has 2 heterocycles. The van der Waals surface area contributed by atoms with Crippen LogP contribution in [0.4, 0.5) is 0 Å². The number of aryl methyl sites for hydroxylation is 1. The lowest BCUT2D eigenvalue weighted by atomic mass is 10.0. The first-order valence-electron chi connectivity index (χ1n) is 9.01. The normalized spacial score (nSPS) is 13.9. The molecule has 5 heteroatoms. The Morgan fingerprint density at radius 2 is 2.00 bits per heavy atom. The maximum atomic E-state index is 12.5. The van der Waals surface area contributed by atoms with Gasteiger partial charge in [0, 0.05) is 29.8 Å². The number of rotatable bonds is 6. The molecule has 0 saturated heterocycles. The van der Waals surface area contributed by atoms with Gasteiger partial charge in [-0.15, -0.1) is 11.8 Å². The number of pyridine rings is 2. The Morgan fingerprint density at radius 1 is 1.23 bits per heavy atom. The van der Waals surface area contributed by atoms with Crippen LogP contribution in [0.2, 0.25) is 0 Å². The molecule has 134 valence electrons. The van der Waals surface area contributed by atoms with Gasteiger partial charge in [-0.25, -0.2) is 4.98 Å². The number of ether oxygens (including phenoxy) is 1. The molecule has 3 aromatic rings. The van der Waals surface area contributed by atoms with Crippen molar-refractivity contribution in [3.63, 3.8) is 0 Å². The van der Waals surface area contributed by atoms with Crippen molar-refractivity contribution in [2.24, 2.45) is 13.0 Å². The van der Waals surface area contributed by atoms with Gasteiger partial charge in [0.25, 0.3) is 5.56 Å². The van der Waals surface area contributed by atoms with Gasteiger partial charge in [-0.1, -0.05) is 25.1 Å². The van der Waals surface area contributed by atoms with Gasteiger partial charge in [-0.2, -0.15) is 0 Å². The Bertz CT molecular complexity index is 1010. The molecule has 4 nitrogen and oxygen atoms in total. The molecule has 1 aliphatic rings. The average molecular weight is 366 g/mol. The highest BCUT2D eigenvalue weighted by atomic mass is 32.2. The topological polar surface area (TPSA) is 44.1 Å². The van der Waals surface area contributed by atoms with Crippen LogP contribution in [0.25, 0.3) is 21.9 Å². The largest absolute Gasteiger partial charge is 0.491 e. The van der Waals surface area contributed by atoms with E-state index in [1.165, 1.54) is 12.8 Å². The van der Waals surface area contributed by atoms with Crippen LogP contribution in [-0.4, -0.2) is 21.9 Å². The SMILES string of the molecule is CCSc1cc(-c2cn(C)c(=O)c3ccccc23)c(OCC2CC2)cn1. The number of nitrogens with zero attached hydrogens (tertiary/aromatic N) is 2. The van der Waals surface area contributed by atoms with Crippen molar-refractivity contribution in [2.75, 3.05) is 12.4 Å². The third-order valence-electron chi connectivity index (χ3n) is 4.69. The van der Waals surface area contributed by atoms with E-state index in [-0.39, 0.29) is 5.56 Å². The van der Waals surface area contributed by atoms with Crippen LogP contribution in [0, 0.1) is 5.92 Å². The summed E-state index contributed by atoms with van der Waals surface area (Å²) in [6.07, 6.45) is 6.23. The molecular weight excluding hydrogens is 344 g/mol. The zero-order valence-corrected chi connectivity index (χ0v) is 15.9. The van der Waals surface area contributed by atoms with Crippen LogP contribution in [0.1, 0.15) is 19.8 Å². The molecule has 2 aromatic heterocycles. The monoisotopic (exact) mass is 366 g/mol. The Kier molecular flexibility index (Phi) is 4.72. The number of aromatic nitrogens is 2. The van der Waals surface area contributed by atoms with E-state index in [4.69, 9.17) is 4.74 Å². The molecule has 1 fully saturated rings. The molecule has 1 aliphatic carbocycles. The minimum absolute atomic E-state index is 0.0158. The van der Waals surface area contributed by atoms with Gasteiger partial charge in [0.05, 0.1) is 17.8 Å². The first-order valence-corrected chi connectivity index (χ1v) is 10.0. The Balaban J connectivity index is 1.89. The lowest BCUT2D eigenvalue weighted by Crippen LogP contribution is -2.16. The second-order valence-corrected chi connectivity index (χ2v) is 7.99. The number of thioether (sulfide) groups is 1. The average Bonchev–Trinajstić information content (AvgIpc) is 3.48. The van der Waals surface area contributed by atoms with Gasteiger partial charge >= 0.3 is 0 Å². The summed E-state index contributed by atoms with van der Waals surface area (Å²) in [7, 11) is 1.80. The quantitative estimate of drug-likeness (QED) is 0.603. The number of hydrogen-bond acceptors (Lipinski definition) is 4. The predicted molar refractivity (Wildman–Crippen MR) is 107 cm³/mol. The molecule has 0 radical (unpaired) electrons. The second-order valence-electron chi connectivity index (χ2n) is 6.71. The molecule has 0 amide bonds. The highest BCUT2D eigenvalue weighted by Crippen LogP contribution is 2.37. The van der Waals surface area contributed by atoms with E-state index >= 15 is 0 Å². The fourth-order valence-electron chi connectivity index (χ4n) is 3.10. The van der Waals surface area contributed by atoms with E-state index in [1.54, 1.807) is 23.4 Å². The fourth-order valence-corrected chi connectivity index (χ4v) is 3.72. The minimum Gasteiger partial charge on any atom is -0.491 e. The first-order chi connectivity index (χ1) is 12.7. The van der Waals surface area contributed by atoms with Crippen LogP contribution in [0.3, 0.4) is 0 Å². The van der Waals surface area contributed by atoms with E-state index in [2.05, 4.69) is 18.0 Å². The van der Waals surface area contributed by atoms with Crippen molar-refractivity contribution in [3.05, 3.63) is 53.1 Å². The van der Waals surface area contributed by atoms with Gasteiger partial charge in [0.1, 0.15) is 5.75 Å². The van der Waals surface area contributed by atoms with Gasteiger partial charge in [-0.3, -0.25) is 4.79 Å². The zero-order chi connectivity index (χ0) is 18.1. The number of hydrogen-bond donors (Lipinski definition) is 0. The maximum absolute atomic E-state index is 12.5. The summed E-state index contributed by atoms with van der Waals surface area (Å²) in [6, 6.07) is 9.85.